The Bertz CT molecular complexity index is 1040. The van der Waals surface area contributed by atoms with Crippen molar-refractivity contribution in [2.75, 3.05) is 13.6 Å². The van der Waals surface area contributed by atoms with Crippen LogP contribution < -0.4 is 10.6 Å². The number of hydrogen-bond donors (Lipinski definition) is 3. The summed E-state index contributed by atoms with van der Waals surface area (Å²) in [7, 11) is 1.76. The molecular weight excluding hydrogens is 468 g/mol. The van der Waals surface area contributed by atoms with Crippen LogP contribution in [0.3, 0.4) is 0 Å². The summed E-state index contributed by atoms with van der Waals surface area (Å²) >= 11 is 0. The van der Waals surface area contributed by atoms with Gasteiger partial charge in [-0.1, -0.05) is 56.5 Å². The van der Waals surface area contributed by atoms with Crippen LogP contribution in [-0.4, -0.2) is 47.4 Å². The smallest absolute Gasteiger partial charge is 0.253 e. The van der Waals surface area contributed by atoms with Crippen molar-refractivity contribution in [2.45, 2.75) is 57.2 Å². The molecule has 1 unspecified atom stereocenters. The van der Waals surface area contributed by atoms with Gasteiger partial charge in [-0.2, -0.15) is 0 Å². The van der Waals surface area contributed by atoms with E-state index < -0.39 is 41.5 Å². The van der Waals surface area contributed by atoms with E-state index in [1.807, 2.05) is 6.07 Å². The number of halogens is 2. The molecule has 3 atom stereocenters. The first kappa shape index (κ1) is 27.3. The quantitative estimate of drug-likeness (QED) is 0.491. The van der Waals surface area contributed by atoms with Crippen LogP contribution in [-0.2, 0) is 14.4 Å². The van der Waals surface area contributed by atoms with Crippen LogP contribution >= 0.6 is 0 Å². The fourth-order valence-corrected chi connectivity index (χ4v) is 4.40. The normalized spacial score (nSPS) is 16.5. The van der Waals surface area contributed by atoms with Crippen molar-refractivity contribution in [3.63, 3.8) is 0 Å². The maximum absolute atomic E-state index is 13.4. The molecule has 0 saturated heterocycles. The van der Waals surface area contributed by atoms with Gasteiger partial charge in [0.1, 0.15) is 17.7 Å². The van der Waals surface area contributed by atoms with Crippen LogP contribution in [0.5, 0.6) is 0 Å². The Labute approximate surface area is 209 Å². The number of amides is 3. The second kappa shape index (κ2) is 12.6. The van der Waals surface area contributed by atoms with Gasteiger partial charge in [-0.15, -0.1) is 0 Å². The highest BCUT2D eigenvalue weighted by atomic mass is 19.1. The zero-order chi connectivity index (χ0) is 26.2. The van der Waals surface area contributed by atoms with E-state index in [0.29, 0.717) is 11.6 Å². The van der Waals surface area contributed by atoms with Crippen molar-refractivity contribution in [3.8, 4) is 0 Å². The van der Waals surface area contributed by atoms with E-state index >= 15 is 0 Å². The Morgan fingerprint density at radius 2 is 1.58 bits per heavy atom. The lowest BCUT2D eigenvalue weighted by Crippen LogP contribution is -2.48. The Hall–Kier alpha value is -3.33. The zero-order valence-corrected chi connectivity index (χ0v) is 20.5. The molecule has 1 fully saturated rings. The molecule has 1 aliphatic carbocycles. The van der Waals surface area contributed by atoms with Crippen molar-refractivity contribution >= 4 is 17.7 Å². The molecule has 2 aromatic carbocycles. The van der Waals surface area contributed by atoms with Gasteiger partial charge < -0.3 is 20.6 Å². The summed E-state index contributed by atoms with van der Waals surface area (Å²) in [5, 5.41) is 15.4. The molecular formula is C27H33F2N3O4. The molecule has 36 heavy (non-hydrogen) atoms. The molecule has 0 radical (unpaired) electrons. The summed E-state index contributed by atoms with van der Waals surface area (Å²) in [4.78, 5) is 40.4. The molecule has 0 aromatic heterocycles. The van der Waals surface area contributed by atoms with Crippen LogP contribution in [0.2, 0.25) is 0 Å². The Kier molecular flexibility index (Phi) is 9.52. The van der Waals surface area contributed by atoms with Gasteiger partial charge in [0.25, 0.3) is 5.91 Å². The number of nitrogens with one attached hydrogen (secondary N) is 2. The summed E-state index contributed by atoms with van der Waals surface area (Å²) in [5.74, 6) is -4.14. The molecule has 3 amide bonds. The van der Waals surface area contributed by atoms with Crippen LogP contribution in [0.1, 0.15) is 62.3 Å². The number of hydrogen-bond acceptors (Lipinski definition) is 4. The van der Waals surface area contributed by atoms with E-state index in [1.165, 1.54) is 0 Å². The molecule has 194 valence electrons. The van der Waals surface area contributed by atoms with E-state index in [-0.39, 0.29) is 24.1 Å². The number of rotatable bonds is 9. The molecule has 3 rings (SSSR count). The number of aliphatic hydroxyl groups excluding tert-OH is 1. The Morgan fingerprint density at radius 1 is 0.972 bits per heavy atom. The number of likely N-dealkylation sites (N-methyl/N-ethyl adjacent to an activating group) is 1. The molecule has 0 aliphatic heterocycles. The van der Waals surface area contributed by atoms with Gasteiger partial charge in [0.2, 0.25) is 11.8 Å². The van der Waals surface area contributed by atoms with Gasteiger partial charge in [-0.05, 0) is 36.1 Å². The lowest BCUT2D eigenvalue weighted by molar-refractivity contribution is -0.139. The third-order valence-electron chi connectivity index (χ3n) is 6.62. The minimum absolute atomic E-state index is 0.125. The zero-order valence-electron chi connectivity index (χ0n) is 20.5. The first-order chi connectivity index (χ1) is 17.2. The molecule has 0 bridgehead atoms. The topological polar surface area (TPSA) is 98.7 Å². The summed E-state index contributed by atoms with van der Waals surface area (Å²) < 4.78 is 26.8. The van der Waals surface area contributed by atoms with Crippen LogP contribution in [0, 0.1) is 17.6 Å². The van der Waals surface area contributed by atoms with Crippen molar-refractivity contribution in [3.05, 3.63) is 71.3 Å². The van der Waals surface area contributed by atoms with Gasteiger partial charge in [0.15, 0.2) is 6.10 Å². The van der Waals surface area contributed by atoms with E-state index in [9.17, 15) is 28.3 Å². The fraction of sp³-hybridized carbons (Fsp3) is 0.444. The fourth-order valence-electron chi connectivity index (χ4n) is 4.40. The minimum Gasteiger partial charge on any atom is -0.378 e. The predicted octanol–water partition coefficient (Wildman–Crippen LogP) is 3.40. The van der Waals surface area contributed by atoms with E-state index in [2.05, 4.69) is 10.6 Å². The lowest BCUT2D eigenvalue weighted by Gasteiger charge is -2.34. The first-order valence-corrected chi connectivity index (χ1v) is 12.2. The third kappa shape index (κ3) is 7.10. The largest absolute Gasteiger partial charge is 0.378 e. The third-order valence-corrected chi connectivity index (χ3v) is 6.62. The second-order valence-electron chi connectivity index (χ2n) is 9.34. The van der Waals surface area contributed by atoms with Crippen molar-refractivity contribution in [2.24, 2.45) is 5.92 Å². The maximum atomic E-state index is 13.4. The molecule has 3 N–H and O–H groups in total. The molecule has 1 saturated carbocycles. The molecule has 7 nitrogen and oxygen atoms in total. The minimum atomic E-state index is -1.80. The van der Waals surface area contributed by atoms with Crippen molar-refractivity contribution in [1.82, 2.24) is 15.5 Å². The highest BCUT2D eigenvalue weighted by Gasteiger charge is 2.31. The maximum Gasteiger partial charge on any atom is 0.253 e. The average molecular weight is 502 g/mol. The summed E-state index contributed by atoms with van der Waals surface area (Å²) in [6.07, 6.45) is 3.34. The first-order valence-electron chi connectivity index (χ1n) is 12.2. The number of benzene rings is 2. The van der Waals surface area contributed by atoms with Gasteiger partial charge >= 0.3 is 0 Å². The average Bonchev–Trinajstić information content (AvgIpc) is 2.89. The molecule has 0 heterocycles. The number of carbonyl (C=O) groups is 3. The number of nitrogens with zero attached hydrogens (tertiary/aromatic N) is 1. The van der Waals surface area contributed by atoms with Gasteiger partial charge in [-0.25, -0.2) is 8.78 Å². The van der Waals surface area contributed by atoms with Gasteiger partial charge in [0, 0.05) is 25.7 Å². The van der Waals surface area contributed by atoms with E-state index in [1.54, 1.807) is 43.1 Å². The molecule has 0 spiro atoms. The highest BCUT2D eigenvalue weighted by molar-refractivity contribution is 5.90. The monoisotopic (exact) mass is 501 g/mol. The summed E-state index contributed by atoms with van der Waals surface area (Å²) in [6.45, 7) is 1.43. The Balaban J connectivity index is 1.63. The predicted molar refractivity (Wildman–Crippen MR) is 130 cm³/mol. The van der Waals surface area contributed by atoms with E-state index in [0.717, 1.165) is 44.2 Å². The summed E-state index contributed by atoms with van der Waals surface area (Å²) in [5.41, 5.74) is 0.417. The van der Waals surface area contributed by atoms with Crippen LogP contribution in [0.15, 0.2) is 48.5 Å². The van der Waals surface area contributed by atoms with Crippen molar-refractivity contribution in [1.29, 1.82) is 0 Å². The molecule has 1 aliphatic rings. The highest BCUT2D eigenvalue weighted by Crippen LogP contribution is 2.25. The summed E-state index contributed by atoms with van der Waals surface area (Å²) in [6, 6.07) is 10.6. The van der Waals surface area contributed by atoms with Crippen LogP contribution in [0.25, 0.3) is 0 Å². The number of carbonyl (C=O) groups excluding carboxylic acids is 3. The van der Waals surface area contributed by atoms with Crippen molar-refractivity contribution < 1.29 is 28.3 Å². The number of aliphatic hydroxyl groups is 1. The lowest BCUT2D eigenvalue weighted by atomic mass is 9.93. The van der Waals surface area contributed by atoms with E-state index in [4.69, 9.17) is 0 Å². The standard InChI is InChI=1S/C27H33F2N3O4/c1-17(16-30-26(35)24(33)19-13-20(28)15-21(29)14-19)25(34)31-23(18-9-5-3-6-10-18)27(36)32(2)22-11-7-4-8-12-22/h3,5-6,9-10,13-15,17,22-24,33H,4,7-8,11-12,16H2,1-2H3,(H,30,35)(H,31,34)/t17?,23-,24-/m0/s1. The van der Waals surface area contributed by atoms with Gasteiger partial charge in [-0.3, -0.25) is 14.4 Å². The molecule has 9 heteroatoms. The van der Waals surface area contributed by atoms with Gasteiger partial charge in [0.05, 0.1) is 5.92 Å². The Morgan fingerprint density at radius 3 is 2.19 bits per heavy atom. The van der Waals surface area contributed by atoms with Crippen LogP contribution in [0.4, 0.5) is 8.78 Å². The SMILES string of the molecule is CC(CNC(=O)[C@@H](O)c1cc(F)cc(F)c1)C(=O)N[C@H](C(=O)N(C)C1CCCCC1)c1ccccc1. The molecule has 2 aromatic rings. The second-order valence-corrected chi connectivity index (χ2v) is 9.34.